The molecule has 0 bridgehead atoms. The molecule has 1 aromatic rings. The van der Waals surface area contributed by atoms with Crippen LogP contribution in [0, 0.1) is 0 Å². The fourth-order valence-corrected chi connectivity index (χ4v) is 4.13. The van der Waals surface area contributed by atoms with Crippen molar-refractivity contribution in [1.29, 1.82) is 0 Å². The molecule has 0 aromatic heterocycles. The van der Waals surface area contributed by atoms with Crippen molar-refractivity contribution in [2.24, 2.45) is 0 Å². The fourth-order valence-electron chi connectivity index (χ4n) is 2.28. The van der Waals surface area contributed by atoms with Crippen LogP contribution in [0.5, 0.6) is 0 Å². The van der Waals surface area contributed by atoms with Crippen LogP contribution < -0.4 is 0 Å². The van der Waals surface area contributed by atoms with Gasteiger partial charge in [0, 0.05) is 0 Å². The zero-order valence-corrected chi connectivity index (χ0v) is 13.0. The fraction of sp³-hybridized carbons (Fsp3) is 0.500. The second-order valence-corrected chi connectivity index (χ2v) is 7.67. The predicted octanol–water partition coefficient (Wildman–Crippen LogP) is 2.01. The van der Waals surface area contributed by atoms with Crippen molar-refractivity contribution in [3.05, 3.63) is 30.3 Å². The zero-order valence-electron chi connectivity index (χ0n) is 10.9. The Kier molecular flexibility index (Phi) is 5.35. The second kappa shape index (κ2) is 6.81. The molecule has 3 nitrogen and oxygen atoms in total. The number of sulfone groups is 1. The summed E-state index contributed by atoms with van der Waals surface area (Å²) in [6.45, 7) is 2.21. The van der Waals surface area contributed by atoms with Gasteiger partial charge in [-0.3, -0.25) is 0 Å². The van der Waals surface area contributed by atoms with Crippen LogP contribution >= 0.6 is 0 Å². The Bertz CT molecular complexity index is 522. The van der Waals surface area contributed by atoms with E-state index < -0.39 is 9.84 Å². The molecule has 0 amide bonds. The molecule has 0 unspecified atom stereocenters. The van der Waals surface area contributed by atoms with Crippen LogP contribution in [0.15, 0.2) is 35.2 Å². The third-order valence-electron chi connectivity index (χ3n) is 3.36. The molecule has 0 aliphatic carbocycles. The van der Waals surface area contributed by atoms with Gasteiger partial charge in [0.05, 0.1) is 0 Å². The van der Waals surface area contributed by atoms with Crippen LogP contribution in [0.2, 0.25) is 0 Å². The van der Waals surface area contributed by atoms with Crippen molar-refractivity contribution in [2.75, 3.05) is 18.8 Å². The molecule has 19 heavy (non-hydrogen) atoms. The number of nitrogens with zero attached hydrogens (tertiary/aromatic N) is 1. The molecule has 1 heterocycles. The van der Waals surface area contributed by atoms with Crippen molar-refractivity contribution in [3.8, 4) is 0 Å². The van der Waals surface area contributed by atoms with Crippen LogP contribution in [-0.2, 0) is 25.7 Å². The Labute approximate surface area is 123 Å². The molecule has 2 rings (SSSR count). The summed E-state index contributed by atoms with van der Waals surface area (Å²) in [5, 5.41) is 0. The first-order valence-corrected chi connectivity index (χ1v) is 8.94. The normalized spacial score (nSPS) is 16.6. The Balaban J connectivity index is 1.83. The van der Waals surface area contributed by atoms with Crippen molar-refractivity contribution < 1.29 is 24.3 Å². The van der Waals surface area contributed by atoms with E-state index >= 15 is 0 Å². The van der Waals surface area contributed by atoms with Crippen LogP contribution in [0.4, 0.5) is 0 Å². The number of hydrogen-bond donors (Lipinski definition) is 0. The number of rotatable bonds is 6. The van der Waals surface area contributed by atoms with E-state index in [4.69, 9.17) is 0 Å². The molecule has 1 saturated heterocycles. The summed E-state index contributed by atoms with van der Waals surface area (Å²) in [6, 6.07) is 8.70. The van der Waals surface area contributed by atoms with Crippen molar-refractivity contribution in [1.82, 2.24) is 4.90 Å². The van der Waals surface area contributed by atoms with Gasteiger partial charge in [0.1, 0.15) is 0 Å². The Morgan fingerprint density at radius 3 is 2.42 bits per heavy atom. The van der Waals surface area contributed by atoms with Crippen molar-refractivity contribution in [3.63, 3.8) is 0 Å². The van der Waals surface area contributed by atoms with Gasteiger partial charge in [-0.25, -0.2) is 0 Å². The van der Waals surface area contributed by atoms with E-state index in [-0.39, 0.29) is 5.75 Å². The summed E-state index contributed by atoms with van der Waals surface area (Å²) in [5.41, 5.74) is 0. The second-order valence-electron chi connectivity index (χ2n) is 4.82. The Hall–Kier alpha value is -0.468. The van der Waals surface area contributed by atoms with E-state index in [0.29, 0.717) is 11.3 Å². The zero-order chi connectivity index (χ0) is 13.7. The van der Waals surface area contributed by atoms with E-state index in [9.17, 15) is 8.42 Å². The van der Waals surface area contributed by atoms with Crippen LogP contribution in [0.3, 0.4) is 0 Å². The van der Waals surface area contributed by atoms with Crippen LogP contribution in [-0.4, -0.2) is 36.7 Å². The van der Waals surface area contributed by atoms with Gasteiger partial charge in [-0.05, 0) is 0 Å². The van der Waals surface area contributed by atoms with Crippen LogP contribution in [0.25, 0.3) is 0 Å². The average Bonchev–Trinajstić information content (AvgIpc) is 2.93. The molecular formula is C14H19CrNO2S. The van der Waals surface area contributed by atoms with Gasteiger partial charge in [0.25, 0.3) is 0 Å². The maximum atomic E-state index is 12.1. The Morgan fingerprint density at radius 2 is 1.79 bits per heavy atom. The summed E-state index contributed by atoms with van der Waals surface area (Å²) in [6.07, 6.45) is 3.99. The summed E-state index contributed by atoms with van der Waals surface area (Å²) in [4.78, 5) is 2.76. The number of benzene rings is 1. The average molecular weight is 317 g/mol. The third-order valence-corrected chi connectivity index (χ3v) is 5.90. The van der Waals surface area contributed by atoms with Gasteiger partial charge in [0.15, 0.2) is 0 Å². The summed E-state index contributed by atoms with van der Waals surface area (Å²) < 4.78 is 25.4. The maximum absolute atomic E-state index is 12.1. The van der Waals surface area contributed by atoms with Crippen molar-refractivity contribution >= 4 is 14.3 Å². The molecule has 1 aliphatic rings. The molecule has 5 heteroatoms. The summed E-state index contributed by atoms with van der Waals surface area (Å²) >= 11 is 3.09. The molecule has 0 spiro atoms. The van der Waals surface area contributed by atoms with Gasteiger partial charge in [-0.15, -0.1) is 0 Å². The molecule has 0 atom stereocenters. The van der Waals surface area contributed by atoms with E-state index in [1.807, 2.05) is 6.07 Å². The van der Waals surface area contributed by atoms with Gasteiger partial charge in [-0.2, -0.15) is 0 Å². The van der Waals surface area contributed by atoms with Gasteiger partial charge < -0.3 is 0 Å². The third kappa shape index (κ3) is 4.25. The standard InChI is InChI=1S/C14H19NO2S.Cr/c16-18(17,14-8-2-1-3-9-14)13-7-6-12-15-10-4-5-11-15;/h1-3,8-9H,4-7,10-11,13H2;. The topological polar surface area (TPSA) is 37.4 Å². The Morgan fingerprint density at radius 1 is 1.16 bits per heavy atom. The van der Waals surface area contributed by atoms with E-state index in [0.717, 1.165) is 19.5 Å². The first kappa shape index (κ1) is 14.9. The number of likely N-dealkylation sites (tertiary alicyclic amines) is 1. The SMILES string of the molecule is O=S(=O)(CCC[C](=[Cr])N1CCCC1)c1ccccc1. The first-order chi connectivity index (χ1) is 9.09. The van der Waals surface area contributed by atoms with Gasteiger partial charge in [-0.1, -0.05) is 0 Å². The molecule has 1 aromatic carbocycles. The van der Waals surface area contributed by atoms with Gasteiger partial charge in [0.2, 0.25) is 0 Å². The predicted molar refractivity (Wildman–Crippen MR) is 73.5 cm³/mol. The molecular weight excluding hydrogens is 298 g/mol. The minimum absolute atomic E-state index is 0.218. The molecule has 0 saturated carbocycles. The van der Waals surface area contributed by atoms with E-state index in [1.54, 1.807) is 24.3 Å². The van der Waals surface area contributed by atoms with Crippen LogP contribution in [0.1, 0.15) is 25.7 Å². The quantitative estimate of drug-likeness (QED) is 0.805. The minimum atomic E-state index is -3.13. The molecule has 104 valence electrons. The van der Waals surface area contributed by atoms with Gasteiger partial charge >= 0.3 is 123 Å². The monoisotopic (exact) mass is 317 g/mol. The van der Waals surface area contributed by atoms with E-state index in [1.165, 1.54) is 17.3 Å². The van der Waals surface area contributed by atoms with E-state index in [2.05, 4.69) is 20.8 Å². The molecule has 1 fully saturated rings. The number of hydrogen-bond acceptors (Lipinski definition) is 3. The molecule has 0 radical (unpaired) electrons. The first-order valence-electron chi connectivity index (χ1n) is 6.65. The summed E-state index contributed by atoms with van der Waals surface area (Å²) in [7, 11) is -3.13. The summed E-state index contributed by atoms with van der Waals surface area (Å²) in [5.74, 6) is 0.218. The molecule has 1 aliphatic heterocycles. The molecule has 0 N–H and O–H groups in total. The van der Waals surface area contributed by atoms with Crippen molar-refractivity contribution in [2.45, 2.75) is 30.6 Å².